The van der Waals surface area contributed by atoms with Crippen LogP contribution in [-0.2, 0) is 6.54 Å². The Bertz CT molecular complexity index is 792. The lowest BCUT2D eigenvalue weighted by atomic mass is 10.1. The summed E-state index contributed by atoms with van der Waals surface area (Å²) in [5.74, 6) is -0.100. The highest BCUT2D eigenvalue weighted by Gasteiger charge is 2.06. The molecule has 0 bridgehead atoms. The van der Waals surface area contributed by atoms with E-state index in [1.165, 1.54) is 6.33 Å². The van der Waals surface area contributed by atoms with E-state index in [9.17, 15) is 4.79 Å². The minimum absolute atomic E-state index is 0.100. The molecule has 24 heavy (non-hydrogen) atoms. The van der Waals surface area contributed by atoms with Gasteiger partial charge in [-0.3, -0.25) is 4.79 Å². The van der Waals surface area contributed by atoms with Crippen LogP contribution in [0.15, 0.2) is 61.2 Å². The van der Waals surface area contributed by atoms with Crippen LogP contribution in [0.3, 0.4) is 0 Å². The molecule has 0 saturated carbocycles. The molecule has 2 aromatic carbocycles. The van der Waals surface area contributed by atoms with Gasteiger partial charge in [0.15, 0.2) is 0 Å². The van der Waals surface area contributed by atoms with Crippen LogP contribution in [0.5, 0.6) is 0 Å². The highest BCUT2D eigenvalue weighted by atomic mass is 16.1. The van der Waals surface area contributed by atoms with Crippen molar-refractivity contribution in [3.8, 4) is 5.69 Å². The Morgan fingerprint density at radius 2 is 1.79 bits per heavy atom. The molecule has 1 heterocycles. The number of nitrogens with zero attached hydrogens (tertiary/aromatic N) is 4. The van der Waals surface area contributed by atoms with Crippen molar-refractivity contribution >= 4 is 11.6 Å². The number of amides is 1. The van der Waals surface area contributed by atoms with Crippen molar-refractivity contribution in [2.75, 3.05) is 19.0 Å². The molecule has 0 radical (unpaired) electrons. The largest absolute Gasteiger partial charge is 0.378 e. The van der Waals surface area contributed by atoms with Gasteiger partial charge in [-0.15, -0.1) is 0 Å². The monoisotopic (exact) mass is 321 g/mol. The summed E-state index contributed by atoms with van der Waals surface area (Å²) in [6.45, 7) is 0.497. The van der Waals surface area contributed by atoms with Gasteiger partial charge < -0.3 is 10.2 Å². The van der Waals surface area contributed by atoms with E-state index < -0.39 is 0 Å². The number of nitrogens with one attached hydrogen (secondary N) is 1. The third kappa shape index (κ3) is 3.60. The zero-order valence-corrected chi connectivity index (χ0v) is 13.7. The first-order chi connectivity index (χ1) is 11.6. The molecule has 3 rings (SSSR count). The fraction of sp³-hybridized carbons (Fsp3) is 0.167. The van der Waals surface area contributed by atoms with Gasteiger partial charge in [-0.05, 0) is 42.0 Å². The lowest BCUT2D eigenvalue weighted by Crippen LogP contribution is -2.22. The quantitative estimate of drug-likeness (QED) is 0.783. The van der Waals surface area contributed by atoms with Crippen LogP contribution in [0.25, 0.3) is 5.69 Å². The zero-order valence-electron chi connectivity index (χ0n) is 13.7. The number of carbonyl (C=O) groups is 1. The number of hydrogen-bond acceptors (Lipinski definition) is 4. The van der Waals surface area contributed by atoms with Crippen molar-refractivity contribution < 1.29 is 4.79 Å². The summed E-state index contributed by atoms with van der Waals surface area (Å²) in [7, 11) is 4.00. The van der Waals surface area contributed by atoms with E-state index in [2.05, 4.69) is 15.4 Å². The number of aromatic nitrogens is 3. The Kier molecular flexibility index (Phi) is 4.56. The molecular formula is C18H19N5O. The standard InChI is InChI=1S/C18H19N5O/c1-22(2)16-7-3-14(4-8-16)11-20-18(24)15-5-9-17(10-6-15)23-13-19-12-21-23/h3-10,12-13H,11H2,1-2H3,(H,20,24). The molecule has 0 unspecified atom stereocenters. The number of rotatable bonds is 5. The van der Waals surface area contributed by atoms with E-state index in [1.54, 1.807) is 23.1 Å². The molecule has 6 heteroatoms. The maximum absolute atomic E-state index is 12.2. The van der Waals surface area contributed by atoms with Gasteiger partial charge in [0.1, 0.15) is 12.7 Å². The van der Waals surface area contributed by atoms with E-state index in [1.807, 2.05) is 55.4 Å². The van der Waals surface area contributed by atoms with Crippen molar-refractivity contribution in [3.05, 3.63) is 72.3 Å². The predicted molar refractivity (Wildman–Crippen MR) is 93.3 cm³/mol. The molecule has 0 spiro atoms. The molecule has 1 aromatic heterocycles. The average molecular weight is 321 g/mol. The second-order valence-corrected chi connectivity index (χ2v) is 5.63. The van der Waals surface area contributed by atoms with Crippen molar-refractivity contribution in [1.82, 2.24) is 20.1 Å². The fourth-order valence-electron chi connectivity index (χ4n) is 2.30. The van der Waals surface area contributed by atoms with Crippen LogP contribution >= 0.6 is 0 Å². The molecular weight excluding hydrogens is 302 g/mol. The molecule has 0 aliphatic carbocycles. The number of hydrogen-bond donors (Lipinski definition) is 1. The second-order valence-electron chi connectivity index (χ2n) is 5.63. The van der Waals surface area contributed by atoms with E-state index >= 15 is 0 Å². The van der Waals surface area contributed by atoms with E-state index in [0.717, 1.165) is 16.9 Å². The van der Waals surface area contributed by atoms with Gasteiger partial charge in [0.2, 0.25) is 0 Å². The average Bonchev–Trinajstić information content (AvgIpc) is 3.15. The Morgan fingerprint density at radius 1 is 1.08 bits per heavy atom. The van der Waals surface area contributed by atoms with E-state index in [-0.39, 0.29) is 5.91 Å². The van der Waals surface area contributed by atoms with Crippen LogP contribution in [0, 0.1) is 0 Å². The van der Waals surface area contributed by atoms with Gasteiger partial charge in [-0.25, -0.2) is 9.67 Å². The summed E-state index contributed by atoms with van der Waals surface area (Å²) >= 11 is 0. The summed E-state index contributed by atoms with van der Waals surface area (Å²) < 4.78 is 1.65. The summed E-state index contributed by atoms with van der Waals surface area (Å²) in [5.41, 5.74) is 3.68. The van der Waals surface area contributed by atoms with Crippen molar-refractivity contribution in [2.24, 2.45) is 0 Å². The number of carbonyl (C=O) groups excluding carboxylic acids is 1. The van der Waals surface area contributed by atoms with Gasteiger partial charge in [0, 0.05) is 31.9 Å². The lowest BCUT2D eigenvalue weighted by Gasteiger charge is -2.13. The first kappa shape index (κ1) is 15.7. The maximum atomic E-state index is 12.2. The Hall–Kier alpha value is -3.15. The second kappa shape index (κ2) is 6.95. The van der Waals surface area contributed by atoms with Gasteiger partial charge in [0.05, 0.1) is 5.69 Å². The highest BCUT2D eigenvalue weighted by molar-refractivity contribution is 5.94. The SMILES string of the molecule is CN(C)c1ccc(CNC(=O)c2ccc(-n3cncn3)cc2)cc1. The summed E-state index contributed by atoms with van der Waals surface area (Å²) in [6.07, 6.45) is 3.09. The highest BCUT2D eigenvalue weighted by Crippen LogP contribution is 2.12. The van der Waals surface area contributed by atoms with Crippen molar-refractivity contribution in [3.63, 3.8) is 0 Å². The molecule has 1 amide bonds. The minimum Gasteiger partial charge on any atom is -0.378 e. The summed E-state index contributed by atoms with van der Waals surface area (Å²) in [6, 6.07) is 15.4. The van der Waals surface area contributed by atoms with Gasteiger partial charge in [-0.2, -0.15) is 5.10 Å². The molecule has 122 valence electrons. The molecule has 1 N–H and O–H groups in total. The topological polar surface area (TPSA) is 63.1 Å². The van der Waals surface area contributed by atoms with Crippen molar-refractivity contribution in [2.45, 2.75) is 6.54 Å². The Morgan fingerprint density at radius 3 is 2.38 bits per heavy atom. The van der Waals surface area contributed by atoms with E-state index in [0.29, 0.717) is 12.1 Å². The molecule has 0 aliphatic heterocycles. The van der Waals surface area contributed by atoms with Crippen LogP contribution in [0.4, 0.5) is 5.69 Å². The lowest BCUT2D eigenvalue weighted by molar-refractivity contribution is 0.0951. The summed E-state index contributed by atoms with van der Waals surface area (Å²) in [5, 5.41) is 6.99. The minimum atomic E-state index is -0.100. The summed E-state index contributed by atoms with van der Waals surface area (Å²) in [4.78, 5) is 18.2. The molecule has 0 fully saturated rings. The third-order valence-electron chi connectivity index (χ3n) is 3.72. The molecule has 0 aliphatic rings. The molecule has 0 atom stereocenters. The Balaban J connectivity index is 1.60. The fourth-order valence-corrected chi connectivity index (χ4v) is 2.30. The van der Waals surface area contributed by atoms with Crippen LogP contribution in [0.1, 0.15) is 15.9 Å². The predicted octanol–water partition coefficient (Wildman–Crippen LogP) is 2.26. The number of anilines is 1. The molecule has 0 saturated heterocycles. The number of benzene rings is 2. The molecule has 6 nitrogen and oxygen atoms in total. The third-order valence-corrected chi connectivity index (χ3v) is 3.72. The Labute approximate surface area is 140 Å². The first-order valence-corrected chi connectivity index (χ1v) is 7.63. The van der Waals surface area contributed by atoms with Gasteiger partial charge >= 0.3 is 0 Å². The first-order valence-electron chi connectivity index (χ1n) is 7.63. The van der Waals surface area contributed by atoms with E-state index in [4.69, 9.17) is 0 Å². The van der Waals surface area contributed by atoms with Crippen LogP contribution in [0.2, 0.25) is 0 Å². The van der Waals surface area contributed by atoms with Gasteiger partial charge in [-0.1, -0.05) is 12.1 Å². The normalized spacial score (nSPS) is 10.4. The maximum Gasteiger partial charge on any atom is 0.251 e. The molecule has 3 aromatic rings. The van der Waals surface area contributed by atoms with Crippen LogP contribution < -0.4 is 10.2 Å². The van der Waals surface area contributed by atoms with Gasteiger partial charge in [0.25, 0.3) is 5.91 Å². The van der Waals surface area contributed by atoms with Crippen LogP contribution in [-0.4, -0.2) is 34.8 Å². The zero-order chi connectivity index (χ0) is 16.9. The smallest absolute Gasteiger partial charge is 0.251 e. The van der Waals surface area contributed by atoms with Crippen molar-refractivity contribution in [1.29, 1.82) is 0 Å².